The minimum absolute atomic E-state index is 0.237. The second-order valence-electron chi connectivity index (χ2n) is 6.54. The van der Waals surface area contributed by atoms with Crippen LogP contribution >= 0.6 is 0 Å². The Balaban J connectivity index is 1.43. The van der Waals surface area contributed by atoms with Gasteiger partial charge in [0.1, 0.15) is 17.3 Å². The molecule has 0 radical (unpaired) electrons. The molecule has 4 heterocycles. The average Bonchev–Trinajstić information content (AvgIpc) is 3.45. The molecule has 0 atom stereocenters. The maximum Gasteiger partial charge on any atom is 0.322 e. The van der Waals surface area contributed by atoms with E-state index in [1.165, 1.54) is 12.8 Å². The monoisotopic (exact) mass is 366 g/mol. The van der Waals surface area contributed by atoms with E-state index < -0.39 is 0 Å². The van der Waals surface area contributed by atoms with E-state index in [0.29, 0.717) is 30.3 Å². The fraction of sp³-hybridized carbons (Fsp3) is 0.300. The molecular weight excluding hydrogens is 344 g/mol. The van der Waals surface area contributed by atoms with Gasteiger partial charge in [-0.3, -0.25) is 0 Å². The van der Waals surface area contributed by atoms with E-state index in [1.807, 2.05) is 24.3 Å². The second-order valence-corrected chi connectivity index (χ2v) is 6.54. The fourth-order valence-corrected chi connectivity index (χ4v) is 3.18. The number of nitrogens with zero attached hydrogens (tertiary/aromatic N) is 3. The van der Waals surface area contributed by atoms with Crippen LogP contribution in [0.2, 0.25) is 0 Å². The van der Waals surface area contributed by atoms with Crippen LogP contribution in [0, 0.1) is 0 Å². The molecule has 7 heteroatoms. The van der Waals surface area contributed by atoms with E-state index in [-0.39, 0.29) is 6.03 Å². The topological polar surface area (TPSA) is 74.8 Å². The lowest BCUT2D eigenvalue weighted by Gasteiger charge is -2.21. The minimum Gasteiger partial charge on any atom is -0.467 e. The Hall–Kier alpha value is -3.22. The normalized spacial score (nSPS) is 13.7. The number of aromatic nitrogens is 1. The Morgan fingerprint density at radius 1 is 1.04 bits per heavy atom. The SMILES string of the molecule is O=C(Nc1ccc(N2CCCC2)nc1)N(Cc1ccco1)Cc1ccco1. The zero-order valence-corrected chi connectivity index (χ0v) is 15.0. The number of furan rings is 2. The van der Waals surface area contributed by atoms with Gasteiger partial charge in [-0.15, -0.1) is 0 Å². The standard InChI is InChI=1S/C20H22N4O3/c25-20(22-16-7-8-19(21-13-16)23-9-1-2-10-23)24(14-17-5-3-11-26-17)15-18-6-4-12-27-18/h3-8,11-13H,1-2,9-10,14-15H2,(H,22,25). The number of anilines is 2. The van der Waals surface area contributed by atoms with Gasteiger partial charge in [-0.1, -0.05) is 0 Å². The van der Waals surface area contributed by atoms with Gasteiger partial charge < -0.3 is 24.0 Å². The molecule has 1 aliphatic heterocycles. The van der Waals surface area contributed by atoms with E-state index in [9.17, 15) is 4.79 Å². The van der Waals surface area contributed by atoms with Crippen molar-refractivity contribution in [1.82, 2.24) is 9.88 Å². The molecule has 1 aliphatic rings. The van der Waals surface area contributed by atoms with E-state index >= 15 is 0 Å². The summed E-state index contributed by atoms with van der Waals surface area (Å²) in [4.78, 5) is 21.2. The predicted molar refractivity (Wildman–Crippen MR) is 101 cm³/mol. The largest absolute Gasteiger partial charge is 0.467 e. The van der Waals surface area contributed by atoms with Crippen LogP contribution in [0.4, 0.5) is 16.3 Å². The van der Waals surface area contributed by atoms with E-state index in [2.05, 4.69) is 15.2 Å². The van der Waals surface area contributed by atoms with Crippen molar-refractivity contribution < 1.29 is 13.6 Å². The number of carbonyl (C=O) groups is 1. The van der Waals surface area contributed by atoms with Gasteiger partial charge in [-0.05, 0) is 49.2 Å². The summed E-state index contributed by atoms with van der Waals surface area (Å²) in [6, 6.07) is 10.9. The van der Waals surface area contributed by atoms with Crippen molar-refractivity contribution in [3.05, 3.63) is 66.6 Å². The molecular formula is C20H22N4O3. The highest BCUT2D eigenvalue weighted by atomic mass is 16.3. The van der Waals surface area contributed by atoms with E-state index in [0.717, 1.165) is 18.9 Å². The molecule has 0 spiro atoms. The van der Waals surface area contributed by atoms with Gasteiger partial charge in [-0.25, -0.2) is 9.78 Å². The maximum absolute atomic E-state index is 12.8. The first-order chi connectivity index (χ1) is 13.3. The van der Waals surface area contributed by atoms with Crippen molar-refractivity contribution in [1.29, 1.82) is 0 Å². The highest BCUT2D eigenvalue weighted by molar-refractivity contribution is 5.89. The van der Waals surface area contributed by atoms with Crippen molar-refractivity contribution in [2.24, 2.45) is 0 Å². The summed E-state index contributed by atoms with van der Waals surface area (Å²) < 4.78 is 10.8. The number of urea groups is 1. The molecule has 140 valence electrons. The van der Waals surface area contributed by atoms with Crippen molar-refractivity contribution in [2.75, 3.05) is 23.3 Å². The van der Waals surface area contributed by atoms with Crippen molar-refractivity contribution in [2.45, 2.75) is 25.9 Å². The Kier molecular flexibility index (Phi) is 5.09. The van der Waals surface area contributed by atoms with Crippen LogP contribution in [0.3, 0.4) is 0 Å². The lowest BCUT2D eigenvalue weighted by atomic mass is 10.3. The van der Waals surface area contributed by atoms with Crippen molar-refractivity contribution in [3.8, 4) is 0 Å². The lowest BCUT2D eigenvalue weighted by Crippen LogP contribution is -2.33. The summed E-state index contributed by atoms with van der Waals surface area (Å²) in [6.07, 6.45) is 7.30. The third-order valence-corrected chi connectivity index (χ3v) is 4.57. The van der Waals surface area contributed by atoms with Gasteiger partial charge >= 0.3 is 6.03 Å². The molecule has 4 rings (SSSR count). The number of carbonyl (C=O) groups excluding carboxylic acids is 1. The second kappa shape index (κ2) is 7.99. The van der Waals surface area contributed by atoms with Gasteiger partial charge in [0.25, 0.3) is 0 Å². The van der Waals surface area contributed by atoms with Gasteiger partial charge in [0.05, 0.1) is 37.5 Å². The van der Waals surface area contributed by atoms with Crippen LogP contribution in [0.5, 0.6) is 0 Å². The van der Waals surface area contributed by atoms with Crippen LogP contribution in [0.15, 0.2) is 64.0 Å². The number of amides is 2. The maximum atomic E-state index is 12.8. The van der Waals surface area contributed by atoms with Gasteiger partial charge in [-0.2, -0.15) is 0 Å². The van der Waals surface area contributed by atoms with E-state index in [1.54, 1.807) is 35.8 Å². The molecule has 0 bridgehead atoms. The first-order valence-electron chi connectivity index (χ1n) is 9.09. The summed E-state index contributed by atoms with van der Waals surface area (Å²) in [5.74, 6) is 2.37. The van der Waals surface area contributed by atoms with Crippen LogP contribution < -0.4 is 10.2 Å². The first-order valence-corrected chi connectivity index (χ1v) is 9.09. The smallest absolute Gasteiger partial charge is 0.322 e. The molecule has 2 amide bonds. The Morgan fingerprint density at radius 2 is 1.70 bits per heavy atom. The molecule has 0 aliphatic carbocycles. The number of hydrogen-bond donors (Lipinski definition) is 1. The highest BCUT2D eigenvalue weighted by Gasteiger charge is 2.18. The van der Waals surface area contributed by atoms with Crippen LogP contribution in [0.25, 0.3) is 0 Å². The van der Waals surface area contributed by atoms with Crippen LogP contribution in [0.1, 0.15) is 24.4 Å². The van der Waals surface area contributed by atoms with Crippen molar-refractivity contribution >= 4 is 17.5 Å². The molecule has 1 saturated heterocycles. The third kappa shape index (κ3) is 4.31. The zero-order valence-electron chi connectivity index (χ0n) is 15.0. The summed E-state index contributed by atoms with van der Waals surface area (Å²) in [5, 5.41) is 2.91. The molecule has 0 aromatic carbocycles. The van der Waals surface area contributed by atoms with Crippen LogP contribution in [-0.4, -0.2) is 29.0 Å². The molecule has 3 aromatic rings. The third-order valence-electron chi connectivity index (χ3n) is 4.57. The molecule has 0 unspecified atom stereocenters. The van der Waals surface area contributed by atoms with E-state index in [4.69, 9.17) is 8.83 Å². The summed E-state index contributed by atoms with van der Waals surface area (Å²) in [6.45, 7) is 2.77. The first kappa shape index (κ1) is 17.2. The molecule has 3 aromatic heterocycles. The molecule has 7 nitrogen and oxygen atoms in total. The quantitative estimate of drug-likeness (QED) is 0.711. The van der Waals surface area contributed by atoms with Gasteiger partial charge in [0.15, 0.2) is 0 Å². The molecule has 1 N–H and O–H groups in total. The van der Waals surface area contributed by atoms with Gasteiger partial charge in [0, 0.05) is 13.1 Å². The summed E-state index contributed by atoms with van der Waals surface area (Å²) in [5.41, 5.74) is 0.659. The van der Waals surface area contributed by atoms with Crippen molar-refractivity contribution in [3.63, 3.8) is 0 Å². The average molecular weight is 366 g/mol. The predicted octanol–water partition coefficient (Wildman–Crippen LogP) is 4.10. The zero-order chi connectivity index (χ0) is 18.5. The Labute approximate surface area is 157 Å². The molecule has 1 fully saturated rings. The number of hydrogen-bond acceptors (Lipinski definition) is 5. The number of pyridine rings is 1. The minimum atomic E-state index is -0.237. The summed E-state index contributed by atoms with van der Waals surface area (Å²) in [7, 11) is 0. The van der Waals surface area contributed by atoms with Crippen LogP contribution in [-0.2, 0) is 13.1 Å². The Bertz CT molecular complexity index is 802. The highest BCUT2D eigenvalue weighted by Crippen LogP contribution is 2.20. The molecule has 0 saturated carbocycles. The van der Waals surface area contributed by atoms with Gasteiger partial charge in [0.2, 0.25) is 0 Å². The number of nitrogens with one attached hydrogen (secondary N) is 1. The molecule has 27 heavy (non-hydrogen) atoms. The Morgan fingerprint density at radius 3 is 2.22 bits per heavy atom. The fourth-order valence-electron chi connectivity index (χ4n) is 3.18. The summed E-state index contributed by atoms with van der Waals surface area (Å²) >= 11 is 0. The number of rotatable bonds is 6. The lowest BCUT2D eigenvalue weighted by molar-refractivity contribution is 0.195.